The van der Waals surface area contributed by atoms with Crippen LogP contribution in [0, 0.1) is 5.82 Å². The molecule has 0 aliphatic heterocycles. The average Bonchev–Trinajstić information content (AvgIpc) is 2.38. The number of amides is 1. The molecule has 1 rings (SSSR count). The highest BCUT2D eigenvalue weighted by Crippen LogP contribution is 2.15. The van der Waals surface area contributed by atoms with Crippen LogP contribution in [0.15, 0.2) is 36.9 Å². The van der Waals surface area contributed by atoms with Crippen LogP contribution in [0.4, 0.5) is 4.39 Å². The fourth-order valence-corrected chi connectivity index (χ4v) is 1.37. The molecule has 98 valence electrons. The van der Waals surface area contributed by atoms with Crippen molar-refractivity contribution < 1.29 is 13.9 Å². The third-order valence-electron chi connectivity index (χ3n) is 2.31. The van der Waals surface area contributed by atoms with Gasteiger partial charge in [0.1, 0.15) is 0 Å². The highest BCUT2D eigenvalue weighted by Gasteiger charge is 2.01. The molecule has 0 spiro atoms. The Labute approximate surface area is 107 Å². The minimum Gasteiger partial charge on any atom is -0.490 e. The van der Waals surface area contributed by atoms with Crippen molar-refractivity contribution in [1.29, 1.82) is 0 Å². The van der Waals surface area contributed by atoms with Gasteiger partial charge in [0.2, 0.25) is 5.91 Å². The van der Waals surface area contributed by atoms with Crippen LogP contribution >= 0.6 is 0 Å². The second-order valence-corrected chi connectivity index (χ2v) is 3.81. The average molecular weight is 251 g/mol. The van der Waals surface area contributed by atoms with Crippen molar-refractivity contribution in [3.63, 3.8) is 0 Å². The van der Waals surface area contributed by atoms with E-state index in [0.29, 0.717) is 32.4 Å². The van der Waals surface area contributed by atoms with Gasteiger partial charge in [-0.25, -0.2) is 4.39 Å². The van der Waals surface area contributed by atoms with Gasteiger partial charge in [0.15, 0.2) is 11.6 Å². The van der Waals surface area contributed by atoms with Crippen LogP contribution in [0.3, 0.4) is 0 Å². The summed E-state index contributed by atoms with van der Waals surface area (Å²) in [6, 6.07) is 6.27. The number of ether oxygens (including phenoxy) is 1. The lowest BCUT2D eigenvalue weighted by molar-refractivity contribution is -0.121. The van der Waals surface area contributed by atoms with Crippen LogP contribution < -0.4 is 10.1 Å². The third-order valence-corrected chi connectivity index (χ3v) is 2.31. The number of nitrogens with one attached hydrogen (secondary N) is 1. The molecule has 1 amide bonds. The summed E-state index contributed by atoms with van der Waals surface area (Å²) < 4.78 is 18.4. The van der Waals surface area contributed by atoms with Crippen LogP contribution in [0.1, 0.15) is 19.3 Å². The third kappa shape index (κ3) is 5.48. The molecule has 18 heavy (non-hydrogen) atoms. The van der Waals surface area contributed by atoms with Crippen LogP contribution in [0.2, 0.25) is 0 Å². The van der Waals surface area contributed by atoms with Gasteiger partial charge in [0.05, 0.1) is 6.61 Å². The Morgan fingerprint density at radius 3 is 2.94 bits per heavy atom. The number of benzene rings is 1. The van der Waals surface area contributed by atoms with Gasteiger partial charge in [-0.05, 0) is 25.0 Å². The van der Waals surface area contributed by atoms with Gasteiger partial charge in [-0.15, -0.1) is 6.58 Å². The minimum atomic E-state index is -0.368. The number of rotatable bonds is 8. The fraction of sp³-hybridized carbons (Fsp3) is 0.357. The summed E-state index contributed by atoms with van der Waals surface area (Å²) in [7, 11) is 0. The smallest absolute Gasteiger partial charge is 0.220 e. The maximum Gasteiger partial charge on any atom is 0.220 e. The quantitative estimate of drug-likeness (QED) is 0.570. The molecule has 0 aliphatic carbocycles. The summed E-state index contributed by atoms with van der Waals surface area (Å²) in [5, 5.41) is 2.76. The van der Waals surface area contributed by atoms with Gasteiger partial charge in [-0.3, -0.25) is 4.79 Å². The van der Waals surface area contributed by atoms with Gasteiger partial charge >= 0.3 is 0 Å². The molecule has 0 aliphatic rings. The predicted octanol–water partition coefficient (Wildman–Crippen LogP) is 2.68. The number of hydrogen-bond donors (Lipinski definition) is 1. The van der Waals surface area contributed by atoms with E-state index in [1.807, 2.05) is 0 Å². The normalized spacial score (nSPS) is 9.83. The summed E-state index contributed by atoms with van der Waals surface area (Å²) >= 11 is 0. The van der Waals surface area contributed by atoms with Crippen molar-refractivity contribution in [1.82, 2.24) is 5.32 Å². The SMILES string of the molecule is C=CCCC(=O)NCCCOc1ccccc1F. The maximum absolute atomic E-state index is 13.2. The van der Waals surface area contributed by atoms with E-state index in [2.05, 4.69) is 11.9 Å². The van der Waals surface area contributed by atoms with Crippen molar-refractivity contribution in [2.24, 2.45) is 0 Å². The molecule has 0 aromatic heterocycles. The zero-order chi connectivity index (χ0) is 13.2. The zero-order valence-electron chi connectivity index (χ0n) is 10.3. The summed E-state index contributed by atoms with van der Waals surface area (Å²) in [6.07, 6.45) is 3.49. The Morgan fingerprint density at radius 2 is 2.22 bits per heavy atom. The van der Waals surface area contributed by atoms with Crippen LogP contribution in [0.5, 0.6) is 5.75 Å². The van der Waals surface area contributed by atoms with Gasteiger partial charge in [-0.2, -0.15) is 0 Å². The highest BCUT2D eigenvalue weighted by molar-refractivity contribution is 5.75. The first kappa shape index (κ1) is 14.2. The molecule has 3 nitrogen and oxygen atoms in total. The number of halogens is 1. The first-order valence-electron chi connectivity index (χ1n) is 5.99. The molecule has 0 radical (unpaired) electrons. The molecule has 0 heterocycles. The highest BCUT2D eigenvalue weighted by atomic mass is 19.1. The zero-order valence-corrected chi connectivity index (χ0v) is 10.3. The Hall–Kier alpha value is -1.84. The largest absolute Gasteiger partial charge is 0.490 e. The van der Waals surface area contributed by atoms with Crippen molar-refractivity contribution >= 4 is 5.91 Å². The van der Waals surface area contributed by atoms with E-state index in [1.165, 1.54) is 6.07 Å². The number of carbonyl (C=O) groups is 1. The monoisotopic (exact) mass is 251 g/mol. The van der Waals surface area contributed by atoms with Crippen LogP contribution in [-0.2, 0) is 4.79 Å². The molecule has 1 N–H and O–H groups in total. The van der Waals surface area contributed by atoms with E-state index in [9.17, 15) is 9.18 Å². The van der Waals surface area contributed by atoms with Crippen molar-refractivity contribution in [2.45, 2.75) is 19.3 Å². The molecule has 0 atom stereocenters. The summed E-state index contributed by atoms with van der Waals surface area (Å²) in [6.45, 7) is 4.46. The minimum absolute atomic E-state index is 0.000733. The van der Waals surface area contributed by atoms with E-state index >= 15 is 0 Å². The Morgan fingerprint density at radius 1 is 1.44 bits per heavy atom. The molecule has 0 bridgehead atoms. The molecular formula is C14H18FNO2. The lowest BCUT2D eigenvalue weighted by atomic mass is 10.3. The van der Waals surface area contributed by atoms with E-state index in [-0.39, 0.29) is 17.5 Å². The Balaban J connectivity index is 2.10. The summed E-state index contributed by atoms with van der Waals surface area (Å²) in [5.41, 5.74) is 0. The van der Waals surface area contributed by atoms with Crippen molar-refractivity contribution in [2.75, 3.05) is 13.2 Å². The first-order chi connectivity index (χ1) is 8.74. The van der Waals surface area contributed by atoms with Crippen LogP contribution in [-0.4, -0.2) is 19.1 Å². The van der Waals surface area contributed by atoms with Crippen molar-refractivity contribution in [3.05, 3.63) is 42.7 Å². The predicted molar refractivity (Wildman–Crippen MR) is 69.0 cm³/mol. The summed E-state index contributed by atoms with van der Waals surface area (Å²) in [4.78, 5) is 11.2. The maximum atomic E-state index is 13.2. The standard InChI is InChI=1S/C14H18FNO2/c1-2-3-9-14(17)16-10-6-11-18-13-8-5-4-7-12(13)15/h2,4-5,7-8H,1,3,6,9-11H2,(H,16,17). The molecule has 1 aromatic rings. The molecule has 1 aromatic carbocycles. The molecule has 0 saturated carbocycles. The number of carbonyl (C=O) groups excluding carboxylic acids is 1. The summed E-state index contributed by atoms with van der Waals surface area (Å²) in [5.74, 6) is -0.121. The van der Waals surface area contributed by atoms with Gasteiger partial charge in [0, 0.05) is 13.0 Å². The Bertz CT molecular complexity index is 393. The lowest BCUT2D eigenvalue weighted by Gasteiger charge is -2.07. The Kier molecular flexibility index (Phi) is 6.54. The van der Waals surface area contributed by atoms with Gasteiger partial charge in [0.25, 0.3) is 0 Å². The molecule has 0 fully saturated rings. The molecular weight excluding hydrogens is 233 g/mol. The van der Waals surface area contributed by atoms with Gasteiger partial charge in [-0.1, -0.05) is 18.2 Å². The fourth-order valence-electron chi connectivity index (χ4n) is 1.37. The topological polar surface area (TPSA) is 38.3 Å². The second-order valence-electron chi connectivity index (χ2n) is 3.81. The van der Waals surface area contributed by atoms with Crippen molar-refractivity contribution in [3.8, 4) is 5.75 Å². The number of para-hydroxylation sites is 1. The van der Waals surface area contributed by atoms with E-state index in [4.69, 9.17) is 4.74 Å². The second kappa shape index (κ2) is 8.28. The van der Waals surface area contributed by atoms with E-state index < -0.39 is 0 Å². The van der Waals surface area contributed by atoms with Gasteiger partial charge < -0.3 is 10.1 Å². The molecule has 0 unspecified atom stereocenters. The first-order valence-corrected chi connectivity index (χ1v) is 5.99. The molecule has 0 saturated heterocycles. The lowest BCUT2D eigenvalue weighted by Crippen LogP contribution is -2.25. The molecule has 4 heteroatoms. The van der Waals surface area contributed by atoms with Crippen LogP contribution in [0.25, 0.3) is 0 Å². The van der Waals surface area contributed by atoms with E-state index in [1.54, 1.807) is 24.3 Å². The number of allylic oxidation sites excluding steroid dienone is 1. The number of hydrogen-bond acceptors (Lipinski definition) is 2. The van der Waals surface area contributed by atoms with E-state index in [0.717, 1.165) is 0 Å².